The van der Waals surface area contributed by atoms with Gasteiger partial charge < -0.3 is 15.8 Å². The van der Waals surface area contributed by atoms with Crippen LogP contribution in [0.15, 0.2) is 40.1 Å². The summed E-state index contributed by atoms with van der Waals surface area (Å²) in [5.74, 6) is -0.628. The first-order valence-electron chi connectivity index (χ1n) is 6.97. The Kier molecular flexibility index (Phi) is 6.56. The molecule has 24 heavy (non-hydrogen) atoms. The molecule has 0 fully saturated rings. The maximum absolute atomic E-state index is 11.9. The number of halogens is 1. The van der Waals surface area contributed by atoms with E-state index in [4.69, 9.17) is 10.5 Å². The molecule has 126 valence electrons. The van der Waals surface area contributed by atoms with Crippen molar-refractivity contribution in [1.29, 1.82) is 0 Å². The van der Waals surface area contributed by atoms with Gasteiger partial charge in [0.2, 0.25) is 5.91 Å². The van der Waals surface area contributed by atoms with E-state index in [9.17, 15) is 9.59 Å². The predicted molar refractivity (Wildman–Crippen MR) is 95.9 cm³/mol. The topological polar surface area (TPSA) is 107 Å². The van der Waals surface area contributed by atoms with Gasteiger partial charge in [-0.3, -0.25) is 4.79 Å². The van der Waals surface area contributed by atoms with Crippen molar-refractivity contribution in [1.82, 2.24) is 9.97 Å². The maximum Gasteiger partial charge on any atom is 0.343 e. The van der Waals surface area contributed by atoms with Crippen LogP contribution in [0.3, 0.4) is 0 Å². The van der Waals surface area contributed by atoms with Gasteiger partial charge in [-0.15, -0.1) is 0 Å². The largest absolute Gasteiger partial charge is 0.462 e. The molecule has 0 saturated carbocycles. The van der Waals surface area contributed by atoms with Crippen LogP contribution in [0.5, 0.6) is 0 Å². The van der Waals surface area contributed by atoms with Gasteiger partial charge in [0.1, 0.15) is 11.4 Å². The molecular weight excluding hydrogens is 396 g/mol. The van der Waals surface area contributed by atoms with Gasteiger partial charge in [0.25, 0.3) is 0 Å². The van der Waals surface area contributed by atoms with Crippen LogP contribution in [-0.4, -0.2) is 34.2 Å². The average Bonchev–Trinajstić information content (AvgIpc) is 2.53. The molecule has 2 aromatic rings. The van der Waals surface area contributed by atoms with Crippen molar-refractivity contribution in [2.75, 3.05) is 23.4 Å². The first kappa shape index (κ1) is 18.2. The number of carbonyl (C=O) groups excluding carboxylic acids is 2. The summed E-state index contributed by atoms with van der Waals surface area (Å²) < 4.78 is 5.72. The van der Waals surface area contributed by atoms with E-state index in [0.29, 0.717) is 10.8 Å². The first-order valence-corrected chi connectivity index (χ1v) is 8.75. The number of aromatic nitrogens is 2. The van der Waals surface area contributed by atoms with Crippen molar-refractivity contribution in [3.8, 4) is 0 Å². The fourth-order valence-electron chi connectivity index (χ4n) is 1.71. The number of rotatable bonds is 6. The van der Waals surface area contributed by atoms with Crippen LogP contribution in [0.25, 0.3) is 0 Å². The summed E-state index contributed by atoms with van der Waals surface area (Å²) in [6, 6.07) is 7.28. The number of ether oxygens (including phenoxy) is 1. The Balaban J connectivity index is 1.93. The summed E-state index contributed by atoms with van der Waals surface area (Å²) in [7, 11) is 0. The highest BCUT2D eigenvalue weighted by Crippen LogP contribution is 2.19. The Hall–Kier alpha value is -2.13. The van der Waals surface area contributed by atoms with Crippen LogP contribution in [0, 0.1) is 0 Å². The first-order chi connectivity index (χ1) is 11.5. The zero-order chi connectivity index (χ0) is 17.5. The van der Waals surface area contributed by atoms with Gasteiger partial charge in [0.15, 0.2) is 5.16 Å². The Morgan fingerprint density at radius 1 is 1.42 bits per heavy atom. The van der Waals surface area contributed by atoms with Crippen molar-refractivity contribution in [3.05, 3.63) is 40.5 Å². The third kappa shape index (κ3) is 5.20. The van der Waals surface area contributed by atoms with Crippen molar-refractivity contribution >= 4 is 51.1 Å². The van der Waals surface area contributed by atoms with Crippen LogP contribution in [0.2, 0.25) is 0 Å². The lowest BCUT2D eigenvalue weighted by atomic mass is 10.3. The van der Waals surface area contributed by atoms with Crippen molar-refractivity contribution in [3.63, 3.8) is 0 Å². The fourth-order valence-corrected chi connectivity index (χ4v) is 2.73. The molecular formula is C15H15BrN4O3S. The van der Waals surface area contributed by atoms with Crippen LogP contribution >= 0.6 is 27.7 Å². The molecule has 7 nitrogen and oxygen atoms in total. The monoisotopic (exact) mass is 410 g/mol. The number of hydrogen-bond acceptors (Lipinski definition) is 7. The molecule has 0 bridgehead atoms. The van der Waals surface area contributed by atoms with Crippen LogP contribution < -0.4 is 11.1 Å². The normalized spacial score (nSPS) is 10.2. The molecule has 1 amide bonds. The van der Waals surface area contributed by atoms with Gasteiger partial charge in [0, 0.05) is 16.4 Å². The van der Waals surface area contributed by atoms with Crippen molar-refractivity contribution in [2.24, 2.45) is 0 Å². The summed E-state index contributed by atoms with van der Waals surface area (Å²) in [6.07, 6.45) is 1.30. The molecule has 0 aliphatic rings. The molecule has 0 atom stereocenters. The molecule has 1 aromatic heterocycles. The van der Waals surface area contributed by atoms with E-state index in [-0.39, 0.29) is 29.6 Å². The number of esters is 1. The lowest BCUT2D eigenvalue weighted by molar-refractivity contribution is -0.113. The van der Waals surface area contributed by atoms with Gasteiger partial charge in [-0.25, -0.2) is 14.8 Å². The molecule has 3 N–H and O–H groups in total. The number of nitrogens with one attached hydrogen (secondary N) is 1. The van der Waals surface area contributed by atoms with Gasteiger partial charge in [-0.2, -0.15) is 0 Å². The summed E-state index contributed by atoms with van der Waals surface area (Å²) >= 11 is 4.46. The van der Waals surface area contributed by atoms with E-state index in [1.54, 1.807) is 19.1 Å². The zero-order valence-corrected chi connectivity index (χ0v) is 15.2. The minimum Gasteiger partial charge on any atom is -0.462 e. The summed E-state index contributed by atoms with van der Waals surface area (Å²) in [5, 5.41) is 3.07. The molecule has 0 saturated heterocycles. The zero-order valence-electron chi connectivity index (χ0n) is 12.8. The highest BCUT2D eigenvalue weighted by Gasteiger charge is 2.14. The Morgan fingerprint density at radius 2 is 2.21 bits per heavy atom. The minimum absolute atomic E-state index is 0.0262. The van der Waals surface area contributed by atoms with E-state index in [0.717, 1.165) is 16.2 Å². The maximum atomic E-state index is 11.9. The molecule has 0 radical (unpaired) electrons. The smallest absolute Gasteiger partial charge is 0.343 e. The average molecular weight is 411 g/mol. The van der Waals surface area contributed by atoms with E-state index in [2.05, 4.69) is 31.2 Å². The van der Waals surface area contributed by atoms with Crippen molar-refractivity contribution < 1.29 is 14.3 Å². The molecule has 0 aliphatic carbocycles. The number of nitrogens with zero attached hydrogens (tertiary/aromatic N) is 2. The van der Waals surface area contributed by atoms with Crippen molar-refractivity contribution in [2.45, 2.75) is 12.1 Å². The Labute approximate surface area is 151 Å². The third-order valence-corrected chi connectivity index (χ3v) is 4.09. The SMILES string of the molecule is CCOC(=O)c1cnc(SCC(=O)Nc2cccc(Br)c2)nc1N. The number of nitrogens with two attached hydrogens (primary N) is 1. The molecule has 0 aliphatic heterocycles. The number of benzene rings is 1. The number of carbonyl (C=O) groups is 2. The molecule has 1 heterocycles. The quantitative estimate of drug-likeness (QED) is 0.428. The number of hydrogen-bond donors (Lipinski definition) is 2. The predicted octanol–water partition coefficient (Wildman–Crippen LogP) is 2.73. The second-order valence-electron chi connectivity index (χ2n) is 4.52. The second kappa shape index (κ2) is 8.65. The van der Waals surface area contributed by atoms with E-state index in [1.807, 2.05) is 12.1 Å². The van der Waals surface area contributed by atoms with Gasteiger partial charge in [0.05, 0.1) is 12.4 Å². The number of thioether (sulfide) groups is 1. The van der Waals surface area contributed by atoms with Crippen LogP contribution in [0.4, 0.5) is 11.5 Å². The highest BCUT2D eigenvalue weighted by atomic mass is 79.9. The molecule has 9 heteroatoms. The Bertz CT molecular complexity index is 757. The summed E-state index contributed by atoms with van der Waals surface area (Å²) in [6.45, 7) is 1.94. The fraction of sp³-hybridized carbons (Fsp3) is 0.200. The van der Waals surface area contributed by atoms with Gasteiger partial charge in [-0.1, -0.05) is 33.8 Å². The van der Waals surface area contributed by atoms with Gasteiger partial charge in [-0.05, 0) is 25.1 Å². The molecule has 0 spiro atoms. The lowest BCUT2D eigenvalue weighted by Crippen LogP contribution is -2.15. The van der Waals surface area contributed by atoms with Gasteiger partial charge >= 0.3 is 5.97 Å². The second-order valence-corrected chi connectivity index (χ2v) is 6.38. The van der Waals surface area contributed by atoms with E-state index >= 15 is 0 Å². The number of nitrogen functional groups attached to an aromatic ring is 1. The molecule has 1 aromatic carbocycles. The van der Waals surface area contributed by atoms with E-state index < -0.39 is 5.97 Å². The number of amides is 1. The summed E-state index contributed by atoms with van der Waals surface area (Å²) in [5.41, 5.74) is 6.53. The van der Waals surface area contributed by atoms with Crippen LogP contribution in [0.1, 0.15) is 17.3 Å². The highest BCUT2D eigenvalue weighted by molar-refractivity contribution is 9.10. The standard InChI is InChI=1S/C15H15BrN4O3S/c1-2-23-14(22)11-7-18-15(20-13(11)17)24-8-12(21)19-10-5-3-4-9(16)6-10/h3-7H,2,8H2,1H3,(H,19,21)(H2,17,18,20). The molecule has 0 unspecified atom stereocenters. The summed E-state index contributed by atoms with van der Waals surface area (Å²) in [4.78, 5) is 31.6. The Morgan fingerprint density at radius 3 is 2.88 bits per heavy atom. The minimum atomic E-state index is -0.570. The molecule has 2 rings (SSSR count). The number of anilines is 2. The third-order valence-electron chi connectivity index (χ3n) is 2.73. The van der Waals surface area contributed by atoms with E-state index in [1.165, 1.54) is 6.20 Å². The lowest BCUT2D eigenvalue weighted by Gasteiger charge is -2.07. The van der Waals surface area contributed by atoms with Crippen LogP contribution in [-0.2, 0) is 9.53 Å².